The van der Waals surface area contributed by atoms with E-state index in [0.717, 1.165) is 0 Å². The van der Waals surface area contributed by atoms with Gasteiger partial charge in [-0.2, -0.15) is 8.42 Å². The van der Waals surface area contributed by atoms with Gasteiger partial charge in [0.05, 0.1) is 0 Å². The Morgan fingerprint density at radius 2 is 1.50 bits per heavy atom. The topological polar surface area (TPSA) is 175 Å². The average molecular weight is 300 g/mol. The summed E-state index contributed by atoms with van der Waals surface area (Å²) < 4.78 is 31.6. The van der Waals surface area contributed by atoms with Gasteiger partial charge in [0.1, 0.15) is 6.04 Å². The number of hydrogen-bond acceptors (Lipinski definition) is 5. The molecule has 6 N–H and O–H groups in total. The van der Waals surface area contributed by atoms with Crippen LogP contribution >= 0.6 is 0 Å². The molecular formula is C5H11MnNO8S. The zero-order valence-corrected chi connectivity index (χ0v) is 9.77. The van der Waals surface area contributed by atoms with Gasteiger partial charge in [0.25, 0.3) is 0 Å². The van der Waals surface area contributed by atoms with Crippen molar-refractivity contribution in [1.82, 2.24) is 0 Å². The van der Waals surface area contributed by atoms with Gasteiger partial charge in [-0.3, -0.25) is 18.7 Å². The van der Waals surface area contributed by atoms with Crippen LogP contribution in [0, 0.1) is 0 Å². The van der Waals surface area contributed by atoms with Gasteiger partial charge in [-0.1, -0.05) is 0 Å². The minimum atomic E-state index is -4.67. The fraction of sp³-hybridized carbons (Fsp3) is 0.600. The van der Waals surface area contributed by atoms with Crippen LogP contribution < -0.4 is 5.73 Å². The molecule has 1 radical (unpaired) electrons. The first kappa shape index (κ1) is 20.7. The Morgan fingerprint density at radius 1 is 1.19 bits per heavy atom. The Hall–Kier alpha value is -0.711. The number of aliphatic carboxylic acids is 2. The number of nitrogens with two attached hydrogens (primary N) is 1. The van der Waals surface area contributed by atoms with Crippen molar-refractivity contribution in [3.05, 3.63) is 0 Å². The van der Waals surface area contributed by atoms with E-state index in [1.807, 2.05) is 0 Å². The predicted octanol–water partition coefficient (Wildman–Crippen LogP) is -1.39. The Kier molecular flexibility index (Phi) is 12.3. The average Bonchev–Trinajstić information content (AvgIpc) is 1.96. The molecule has 97 valence electrons. The van der Waals surface area contributed by atoms with Crippen molar-refractivity contribution in [2.24, 2.45) is 5.73 Å². The molecule has 1 unspecified atom stereocenters. The molecule has 9 nitrogen and oxygen atoms in total. The number of hydrogen-bond donors (Lipinski definition) is 5. The molecule has 0 aliphatic carbocycles. The molecule has 0 aliphatic rings. The summed E-state index contributed by atoms with van der Waals surface area (Å²) in [5.41, 5.74) is 5.00. The second-order valence-corrected chi connectivity index (χ2v) is 3.22. The van der Waals surface area contributed by atoms with Gasteiger partial charge in [0, 0.05) is 23.5 Å². The van der Waals surface area contributed by atoms with Crippen molar-refractivity contribution < 1.29 is 54.4 Å². The smallest absolute Gasteiger partial charge is 0.394 e. The maximum absolute atomic E-state index is 9.99. The second kappa shape index (κ2) is 9.51. The maximum atomic E-state index is 9.99. The Labute approximate surface area is 102 Å². The third-order valence-electron chi connectivity index (χ3n) is 0.986. The molecule has 0 aromatic rings. The van der Waals surface area contributed by atoms with Gasteiger partial charge >= 0.3 is 22.3 Å². The minimum absolute atomic E-state index is 0. The van der Waals surface area contributed by atoms with Crippen LogP contribution in [0.2, 0.25) is 0 Å². The number of carbonyl (C=O) groups is 2. The van der Waals surface area contributed by atoms with E-state index in [1.54, 1.807) is 0 Å². The summed E-state index contributed by atoms with van der Waals surface area (Å²) in [6.07, 6.45) is -0.224. The van der Waals surface area contributed by atoms with E-state index >= 15 is 0 Å². The number of carboxylic acid groups (broad SMARTS) is 2. The number of carboxylic acids is 2. The van der Waals surface area contributed by atoms with Crippen LogP contribution in [0.1, 0.15) is 12.8 Å². The molecule has 1 atom stereocenters. The van der Waals surface area contributed by atoms with E-state index in [0.29, 0.717) is 0 Å². The molecule has 0 fully saturated rings. The van der Waals surface area contributed by atoms with E-state index in [1.165, 1.54) is 0 Å². The molecule has 11 heteroatoms. The van der Waals surface area contributed by atoms with E-state index in [2.05, 4.69) is 0 Å². The van der Waals surface area contributed by atoms with Crippen LogP contribution in [0.25, 0.3) is 0 Å². The molecule has 0 aromatic carbocycles. The van der Waals surface area contributed by atoms with Crippen LogP contribution in [0.3, 0.4) is 0 Å². The molecule has 0 aromatic heterocycles. The van der Waals surface area contributed by atoms with Crippen molar-refractivity contribution in [3.8, 4) is 0 Å². The van der Waals surface area contributed by atoms with E-state index < -0.39 is 28.4 Å². The summed E-state index contributed by atoms with van der Waals surface area (Å²) in [7, 11) is -4.67. The molecular weight excluding hydrogens is 289 g/mol. The first-order valence-electron chi connectivity index (χ1n) is 3.44. The van der Waals surface area contributed by atoms with Crippen LogP contribution in [-0.4, -0.2) is 45.7 Å². The Morgan fingerprint density at radius 3 is 1.69 bits per heavy atom. The molecule has 0 spiro atoms. The summed E-state index contributed by atoms with van der Waals surface area (Å²) in [6, 6.07) is -1.06. The van der Waals surface area contributed by atoms with Crippen molar-refractivity contribution in [2.45, 2.75) is 18.9 Å². The molecule has 0 aliphatic heterocycles. The summed E-state index contributed by atoms with van der Waals surface area (Å²) in [5, 5.41) is 16.3. The summed E-state index contributed by atoms with van der Waals surface area (Å²) in [5.74, 6) is -2.20. The van der Waals surface area contributed by atoms with Gasteiger partial charge in [-0.25, -0.2) is 0 Å². The second-order valence-electron chi connectivity index (χ2n) is 2.32. The van der Waals surface area contributed by atoms with Crippen molar-refractivity contribution in [2.75, 3.05) is 0 Å². The van der Waals surface area contributed by atoms with Crippen molar-refractivity contribution >= 4 is 22.3 Å². The molecule has 0 saturated carbocycles. The SMILES string of the molecule is NC(CCC(=O)O)C(=O)O.O=S(=O)(O)O.[Mn]. The van der Waals surface area contributed by atoms with Crippen LogP contribution in [0.5, 0.6) is 0 Å². The van der Waals surface area contributed by atoms with E-state index in [9.17, 15) is 9.59 Å². The molecule has 0 saturated heterocycles. The standard InChI is InChI=1S/C5H9NO4.Mn.H2O4S/c6-3(5(9)10)1-2-4(7)8;;1-5(2,3)4/h3H,1-2,6H2,(H,7,8)(H,9,10);;(H2,1,2,3,4). The van der Waals surface area contributed by atoms with Crippen molar-refractivity contribution in [1.29, 1.82) is 0 Å². The molecule has 0 heterocycles. The monoisotopic (exact) mass is 300 g/mol. The zero-order chi connectivity index (χ0) is 12.6. The van der Waals surface area contributed by atoms with Gasteiger partial charge < -0.3 is 15.9 Å². The Balaban J connectivity index is -0.000000242. The predicted molar refractivity (Wildman–Crippen MR) is 46.7 cm³/mol. The summed E-state index contributed by atoms with van der Waals surface area (Å²) >= 11 is 0. The Bertz CT molecular complexity index is 306. The van der Waals surface area contributed by atoms with Gasteiger partial charge in [0.2, 0.25) is 0 Å². The van der Waals surface area contributed by atoms with E-state index in [-0.39, 0.29) is 29.9 Å². The fourth-order valence-electron chi connectivity index (χ4n) is 0.402. The summed E-state index contributed by atoms with van der Waals surface area (Å²) in [6.45, 7) is 0. The van der Waals surface area contributed by atoms with Crippen molar-refractivity contribution in [3.63, 3.8) is 0 Å². The third-order valence-corrected chi connectivity index (χ3v) is 0.986. The van der Waals surface area contributed by atoms with E-state index in [4.69, 9.17) is 33.5 Å². The van der Waals surface area contributed by atoms with Crippen LogP contribution in [0.4, 0.5) is 0 Å². The van der Waals surface area contributed by atoms with Gasteiger partial charge in [-0.05, 0) is 6.42 Å². The van der Waals surface area contributed by atoms with Crippen LogP contribution in [0.15, 0.2) is 0 Å². The molecule has 0 bridgehead atoms. The van der Waals surface area contributed by atoms with Gasteiger partial charge in [0.15, 0.2) is 0 Å². The fourth-order valence-corrected chi connectivity index (χ4v) is 0.402. The largest absolute Gasteiger partial charge is 0.481 e. The quantitative estimate of drug-likeness (QED) is 0.309. The van der Waals surface area contributed by atoms with Gasteiger partial charge in [-0.15, -0.1) is 0 Å². The summed E-state index contributed by atoms with van der Waals surface area (Å²) in [4.78, 5) is 19.9. The molecule has 0 rings (SSSR count). The van der Waals surface area contributed by atoms with Crippen LogP contribution in [-0.2, 0) is 37.1 Å². The first-order valence-corrected chi connectivity index (χ1v) is 4.83. The zero-order valence-electron chi connectivity index (χ0n) is 7.78. The minimum Gasteiger partial charge on any atom is -0.481 e. The maximum Gasteiger partial charge on any atom is 0.394 e. The first-order chi connectivity index (χ1) is 6.54. The normalized spacial score (nSPS) is 11.4. The number of rotatable bonds is 4. The molecule has 16 heavy (non-hydrogen) atoms. The molecule has 0 amide bonds. The third kappa shape index (κ3) is 29.2.